The number of benzene rings is 2. The predicted molar refractivity (Wildman–Crippen MR) is 102 cm³/mol. The molecule has 5 nitrogen and oxygen atoms in total. The van der Waals surface area contributed by atoms with Gasteiger partial charge in [0, 0.05) is 26.7 Å². The van der Waals surface area contributed by atoms with Crippen LogP contribution >= 0.6 is 34.8 Å². The van der Waals surface area contributed by atoms with Crippen LogP contribution in [0.15, 0.2) is 53.1 Å². The molecule has 0 aliphatic rings. The van der Waals surface area contributed by atoms with Gasteiger partial charge < -0.3 is 9.84 Å². The number of amides is 1. The monoisotopic (exact) mass is 407 g/mol. The molecule has 0 spiro atoms. The predicted octanol–water partition coefficient (Wildman–Crippen LogP) is 5.03. The molecule has 26 heavy (non-hydrogen) atoms. The van der Waals surface area contributed by atoms with Crippen LogP contribution in [-0.4, -0.2) is 16.0 Å². The zero-order valence-electron chi connectivity index (χ0n) is 13.2. The van der Waals surface area contributed by atoms with Crippen molar-refractivity contribution in [3.8, 4) is 11.4 Å². The van der Waals surface area contributed by atoms with Crippen molar-refractivity contribution in [2.45, 2.75) is 6.54 Å². The Balaban J connectivity index is 1.58. The summed E-state index contributed by atoms with van der Waals surface area (Å²) >= 11 is 17.7. The highest BCUT2D eigenvalue weighted by Gasteiger charge is 2.09. The summed E-state index contributed by atoms with van der Waals surface area (Å²) in [6, 6.07) is 12.1. The number of carbonyl (C=O) groups is 1. The highest BCUT2D eigenvalue weighted by molar-refractivity contribution is 6.35. The van der Waals surface area contributed by atoms with Crippen molar-refractivity contribution in [2.75, 3.05) is 0 Å². The first-order valence-electron chi connectivity index (χ1n) is 7.51. The van der Waals surface area contributed by atoms with Gasteiger partial charge in [-0.1, -0.05) is 46.0 Å². The summed E-state index contributed by atoms with van der Waals surface area (Å²) in [5.41, 5.74) is 1.46. The van der Waals surface area contributed by atoms with Crippen molar-refractivity contribution >= 4 is 46.8 Å². The molecule has 0 aliphatic heterocycles. The molecule has 0 radical (unpaired) electrons. The second kappa shape index (κ2) is 8.36. The maximum Gasteiger partial charge on any atom is 0.246 e. The third kappa shape index (κ3) is 4.85. The molecule has 0 saturated carbocycles. The van der Waals surface area contributed by atoms with Gasteiger partial charge in [0.25, 0.3) is 0 Å². The van der Waals surface area contributed by atoms with Crippen molar-refractivity contribution in [3.63, 3.8) is 0 Å². The van der Waals surface area contributed by atoms with Crippen LogP contribution < -0.4 is 5.32 Å². The van der Waals surface area contributed by atoms with Gasteiger partial charge in [-0.15, -0.1) is 0 Å². The minimum Gasteiger partial charge on any atom is -0.343 e. The van der Waals surface area contributed by atoms with Crippen molar-refractivity contribution in [2.24, 2.45) is 0 Å². The van der Waals surface area contributed by atoms with E-state index in [2.05, 4.69) is 15.5 Å². The minimum absolute atomic E-state index is 0.109. The summed E-state index contributed by atoms with van der Waals surface area (Å²) in [5.74, 6) is 0.401. The summed E-state index contributed by atoms with van der Waals surface area (Å²) < 4.78 is 5.13. The Kier molecular flexibility index (Phi) is 5.93. The molecule has 132 valence electrons. The summed E-state index contributed by atoms with van der Waals surface area (Å²) in [6.07, 6.45) is 2.96. The maximum atomic E-state index is 11.9. The summed E-state index contributed by atoms with van der Waals surface area (Å²) in [6.45, 7) is 0.109. The van der Waals surface area contributed by atoms with Crippen molar-refractivity contribution < 1.29 is 9.32 Å². The topological polar surface area (TPSA) is 68.0 Å². The minimum atomic E-state index is -0.317. The normalized spacial score (nSPS) is 11.0. The SMILES string of the molecule is O=C(/C=C/c1ccc(Cl)cc1Cl)NCc1nc(-c2ccc(Cl)cc2)no1. The zero-order chi connectivity index (χ0) is 18.5. The Morgan fingerprint density at radius 3 is 2.54 bits per heavy atom. The van der Waals surface area contributed by atoms with Crippen molar-refractivity contribution in [3.05, 3.63) is 75.1 Å². The molecule has 1 heterocycles. The van der Waals surface area contributed by atoms with E-state index in [0.717, 1.165) is 5.56 Å². The average molecular weight is 409 g/mol. The largest absolute Gasteiger partial charge is 0.343 e. The number of hydrogen-bond donors (Lipinski definition) is 1. The van der Waals surface area contributed by atoms with Crippen LogP contribution in [0.3, 0.4) is 0 Å². The van der Waals surface area contributed by atoms with Gasteiger partial charge in [-0.2, -0.15) is 4.98 Å². The lowest BCUT2D eigenvalue weighted by Crippen LogP contribution is -2.20. The van der Waals surface area contributed by atoms with Crippen LogP contribution in [-0.2, 0) is 11.3 Å². The number of halogens is 3. The molecule has 1 aromatic heterocycles. The Morgan fingerprint density at radius 1 is 1.08 bits per heavy atom. The fourth-order valence-corrected chi connectivity index (χ4v) is 2.66. The van der Waals surface area contributed by atoms with Gasteiger partial charge in [-0.25, -0.2) is 0 Å². The van der Waals surface area contributed by atoms with E-state index in [0.29, 0.717) is 32.3 Å². The van der Waals surface area contributed by atoms with Gasteiger partial charge in [0.05, 0.1) is 6.54 Å². The first-order valence-corrected chi connectivity index (χ1v) is 8.64. The van der Waals surface area contributed by atoms with Crippen LogP contribution in [0.2, 0.25) is 15.1 Å². The molecule has 0 atom stereocenters. The quantitative estimate of drug-likeness (QED) is 0.601. The fraction of sp³-hybridized carbons (Fsp3) is 0.0556. The third-order valence-corrected chi connectivity index (χ3v) is 4.18. The number of hydrogen-bond acceptors (Lipinski definition) is 4. The van der Waals surface area contributed by atoms with E-state index in [1.54, 1.807) is 48.5 Å². The lowest BCUT2D eigenvalue weighted by Gasteiger charge is -1.99. The van der Waals surface area contributed by atoms with Crippen molar-refractivity contribution in [1.82, 2.24) is 15.5 Å². The van der Waals surface area contributed by atoms with Gasteiger partial charge in [-0.05, 0) is 48.0 Å². The molecule has 3 rings (SSSR count). The number of nitrogens with one attached hydrogen (secondary N) is 1. The van der Waals surface area contributed by atoms with Gasteiger partial charge >= 0.3 is 0 Å². The fourth-order valence-electron chi connectivity index (χ4n) is 2.07. The van der Waals surface area contributed by atoms with E-state index in [1.807, 2.05) is 0 Å². The highest BCUT2D eigenvalue weighted by Crippen LogP contribution is 2.22. The molecule has 0 unspecified atom stereocenters. The summed E-state index contributed by atoms with van der Waals surface area (Å²) in [4.78, 5) is 16.1. The van der Waals surface area contributed by atoms with Gasteiger partial charge in [0.15, 0.2) is 0 Å². The smallest absolute Gasteiger partial charge is 0.246 e. The number of aromatic nitrogens is 2. The average Bonchev–Trinajstić information content (AvgIpc) is 3.09. The molecule has 0 bridgehead atoms. The van der Waals surface area contributed by atoms with E-state index in [4.69, 9.17) is 39.3 Å². The molecule has 3 aromatic rings. The second-order valence-electron chi connectivity index (χ2n) is 5.24. The van der Waals surface area contributed by atoms with Gasteiger partial charge in [0.2, 0.25) is 17.6 Å². The second-order valence-corrected chi connectivity index (χ2v) is 6.52. The van der Waals surface area contributed by atoms with E-state index >= 15 is 0 Å². The standard InChI is InChI=1S/C18H12Cl3N3O2/c19-13-5-2-12(3-6-13)18-23-17(26-24-18)10-22-16(25)8-4-11-1-7-14(20)9-15(11)21/h1-9H,10H2,(H,22,25)/b8-4+. The number of carbonyl (C=O) groups excluding carboxylic acids is 1. The molecular weight excluding hydrogens is 397 g/mol. The van der Waals surface area contributed by atoms with Crippen LogP contribution in [0.5, 0.6) is 0 Å². The highest BCUT2D eigenvalue weighted by atomic mass is 35.5. The van der Waals surface area contributed by atoms with Crippen LogP contribution in [0.25, 0.3) is 17.5 Å². The molecule has 1 N–H and O–H groups in total. The molecule has 2 aromatic carbocycles. The van der Waals surface area contributed by atoms with Crippen LogP contribution in [0.1, 0.15) is 11.5 Å². The lowest BCUT2D eigenvalue weighted by molar-refractivity contribution is -0.116. The van der Waals surface area contributed by atoms with Gasteiger partial charge in [0.1, 0.15) is 0 Å². The third-order valence-electron chi connectivity index (χ3n) is 3.36. The number of nitrogens with zero attached hydrogens (tertiary/aromatic N) is 2. The molecule has 0 saturated heterocycles. The summed E-state index contributed by atoms with van der Waals surface area (Å²) in [7, 11) is 0. The molecule has 0 aliphatic carbocycles. The zero-order valence-corrected chi connectivity index (χ0v) is 15.5. The van der Waals surface area contributed by atoms with E-state index in [1.165, 1.54) is 6.08 Å². The molecule has 1 amide bonds. The summed E-state index contributed by atoms with van der Waals surface area (Å²) in [5, 5.41) is 8.16. The Labute approximate surface area is 164 Å². The van der Waals surface area contributed by atoms with E-state index in [9.17, 15) is 4.79 Å². The van der Waals surface area contributed by atoms with E-state index < -0.39 is 0 Å². The Morgan fingerprint density at radius 2 is 1.81 bits per heavy atom. The van der Waals surface area contributed by atoms with Crippen molar-refractivity contribution in [1.29, 1.82) is 0 Å². The molecule has 0 fully saturated rings. The molecule has 8 heteroatoms. The lowest BCUT2D eigenvalue weighted by atomic mass is 10.2. The Bertz CT molecular complexity index is 953. The van der Waals surface area contributed by atoms with Crippen LogP contribution in [0.4, 0.5) is 0 Å². The maximum absolute atomic E-state index is 11.9. The number of rotatable bonds is 5. The van der Waals surface area contributed by atoms with Gasteiger partial charge in [-0.3, -0.25) is 4.79 Å². The first-order chi connectivity index (χ1) is 12.5. The molecular formula is C18H12Cl3N3O2. The first kappa shape index (κ1) is 18.5. The van der Waals surface area contributed by atoms with Crippen LogP contribution in [0, 0.1) is 0 Å². The van der Waals surface area contributed by atoms with E-state index in [-0.39, 0.29) is 12.5 Å². The Hall–Kier alpha value is -2.34.